The van der Waals surface area contributed by atoms with Crippen molar-refractivity contribution < 1.29 is 17.2 Å². The summed E-state index contributed by atoms with van der Waals surface area (Å²) in [6.07, 6.45) is 0. The molecule has 33 heavy (non-hydrogen) atoms. The number of phenolic OH excluding ortho intramolecular Hbond substituents is 1. The van der Waals surface area contributed by atoms with E-state index >= 15 is 0 Å². The first kappa shape index (κ1) is 23.1. The van der Waals surface area contributed by atoms with Gasteiger partial charge in [-0.05, 0) is 90.7 Å². The van der Waals surface area contributed by atoms with Crippen LogP contribution in [0.1, 0.15) is 16.7 Å². The molecule has 0 unspecified atom stereocenters. The first-order chi connectivity index (χ1) is 15.7. The molecule has 6 heteroatoms. The van der Waals surface area contributed by atoms with Crippen molar-refractivity contribution in [3.05, 3.63) is 114 Å². The maximum atomic E-state index is 13.7. The van der Waals surface area contributed by atoms with Gasteiger partial charge >= 0.3 is 10.1 Å². The first-order valence-corrected chi connectivity index (χ1v) is 13.5. The third-order valence-corrected chi connectivity index (χ3v) is 10.9. The highest BCUT2D eigenvalue weighted by atomic mass is 32.3. The second-order valence-electron chi connectivity index (χ2n) is 7.93. The van der Waals surface area contributed by atoms with E-state index in [1.54, 1.807) is 36.4 Å². The minimum Gasteiger partial charge on any atom is -0.508 e. The normalized spacial score (nSPS) is 12.5. The Morgan fingerprint density at radius 3 is 1.55 bits per heavy atom. The predicted molar refractivity (Wildman–Crippen MR) is 132 cm³/mol. The fourth-order valence-electron chi connectivity index (χ4n) is 3.97. The van der Waals surface area contributed by atoms with Crippen molar-refractivity contribution >= 4 is 20.4 Å². The van der Waals surface area contributed by atoms with E-state index in [4.69, 9.17) is 3.63 Å². The molecule has 0 heterocycles. The molecule has 0 bridgehead atoms. The molecule has 4 aromatic rings. The van der Waals surface area contributed by atoms with Gasteiger partial charge in [-0.15, -0.1) is 0 Å². The molecule has 170 valence electrons. The Labute approximate surface area is 197 Å². The SMILES string of the molecule is Cc1ccc(S(=O)(=O)OS(c2ccccc2)(c2ccccc2)c2c(C)cc(O)cc2C)cc1. The lowest BCUT2D eigenvalue weighted by molar-refractivity contribution is 0.473. The maximum Gasteiger partial charge on any atom is 0.307 e. The van der Waals surface area contributed by atoms with Crippen LogP contribution in [0.4, 0.5) is 0 Å². The van der Waals surface area contributed by atoms with Gasteiger partial charge in [0.25, 0.3) is 0 Å². The molecule has 0 saturated heterocycles. The van der Waals surface area contributed by atoms with Gasteiger partial charge in [0.1, 0.15) is 5.75 Å². The van der Waals surface area contributed by atoms with E-state index in [2.05, 4.69) is 0 Å². The van der Waals surface area contributed by atoms with Crippen LogP contribution in [0.25, 0.3) is 0 Å². The second-order valence-corrected chi connectivity index (χ2v) is 12.3. The lowest BCUT2D eigenvalue weighted by Gasteiger charge is -2.41. The van der Waals surface area contributed by atoms with Crippen LogP contribution in [-0.4, -0.2) is 13.5 Å². The number of hydrogen-bond donors (Lipinski definition) is 1. The van der Waals surface area contributed by atoms with Crippen LogP contribution >= 0.6 is 10.3 Å². The van der Waals surface area contributed by atoms with E-state index in [0.717, 1.165) is 31.4 Å². The standard InChI is InChI=1S/C27H26O4S2/c1-20-14-16-26(17-15-20)33(29,30)31-32(24-10-6-4-7-11-24,25-12-8-5-9-13-25)27-21(2)18-23(28)19-22(27)3/h4-19,28H,1-3H3. The minimum atomic E-state index is -4.15. The molecule has 0 aromatic heterocycles. The highest BCUT2D eigenvalue weighted by Gasteiger charge is 2.40. The van der Waals surface area contributed by atoms with Crippen molar-refractivity contribution in [1.29, 1.82) is 0 Å². The van der Waals surface area contributed by atoms with Gasteiger partial charge in [-0.1, -0.05) is 54.1 Å². The van der Waals surface area contributed by atoms with E-state index < -0.39 is 20.4 Å². The van der Waals surface area contributed by atoms with Gasteiger partial charge in [0.2, 0.25) is 0 Å². The van der Waals surface area contributed by atoms with Gasteiger partial charge in [0, 0.05) is 14.7 Å². The van der Waals surface area contributed by atoms with Crippen molar-refractivity contribution in [3.8, 4) is 5.75 Å². The molecule has 0 radical (unpaired) electrons. The van der Waals surface area contributed by atoms with Crippen molar-refractivity contribution in [2.45, 2.75) is 40.4 Å². The first-order valence-electron chi connectivity index (χ1n) is 10.5. The average Bonchev–Trinajstić information content (AvgIpc) is 2.79. The third kappa shape index (κ3) is 4.42. The molecule has 4 nitrogen and oxygen atoms in total. The second kappa shape index (κ2) is 9.06. The Morgan fingerprint density at radius 1 is 0.636 bits per heavy atom. The molecule has 0 fully saturated rings. The van der Waals surface area contributed by atoms with Crippen molar-refractivity contribution in [2.24, 2.45) is 0 Å². The largest absolute Gasteiger partial charge is 0.508 e. The van der Waals surface area contributed by atoms with Crippen molar-refractivity contribution in [2.75, 3.05) is 0 Å². The topological polar surface area (TPSA) is 63.6 Å². The number of phenols is 1. The molecule has 4 rings (SSSR count). The van der Waals surface area contributed by atoms with Crippen LogP contribution in [-0.2, 0) is 13.7 Å². The molecule has 0 aliphatic heterocycles. The summed E-state index contributed by atoms with van der Waals surface area (Å²) >= 11 is 0. The van der Waals surface area contributed by atoms with Gasteiger partial charge in [-0.25, -0.2) is 3.63 Å². The molecular formula is C27H26O4S2. The van der Waals surface area contributed by atoms with Gasteiger partial charge < -0.3 is 5.11 Å². The quantitative estimate of drug-likeness (QED) is 0.327. The summed E-state index contributed by atoms with van der Waals surface area (Å²) in [5.74, 6) is 0.129. The highest BCUT2D eigenvalue weighted by Crippen LogP contribution is 2.71. The summed E-state index contributed by atoms with van der Waals surface area (Å²) in [6.45, 7) is 5.65. The molecule has 0 spiro atoms. The summed E-state index contributed by atoms with van der Waals surface area (Å²) in [7, 11) is -6.87. The Bertz CT molecular complexity index is 1300. The Hall–Kier alpha value is -3.06. The molecule has 0 aliphatic rings. The number of rotatable bonds is 6. The van der Waals surface area contributed by atoms with Crippen LogP contribution in [0, 0.1) is 20.8 Å². The zero-order chi connectivity index (χ0) is 23.6. The fourth-order valence-corrected chi connectivity index (χ4v) is 9.58. The fraction of sp³-hybridized carbons (Fsp3) is 0.111. The molecule has 0 atom stereocenters. The summed E-state index contributed by atoms with van der Waals surface area (Å²) < 4.78 is 33.8. The van der Waals surface area contributed by atoms with Gasteiger partial charge in [-0.2, -0.15) is 8.42 Å². The molecular weight excluding hydrogens is 452 g/mol. The van der Waals surface area contributed by atoms with E-state index in [0.29, 0.717) is 0 Å². The van der Waals surface area contributed by atoms with Gasteiger partial charge in [-0.3, -0.25) is 0 Å². The zero-order valence-corrected chi connectivity index (χ0v) is 20.4. The molecule has 0 amide bonds. The highest BCUT2D eigenvalue weighted by molar-refractivity contribution is 8.33. The summed E-state index contributed by atoms with van der Waals surface area (Å²) in [4.78, 5) is 2.37. The summed E-state index contributed by atoms with van der Waals surface area (Å²) in [6, 6.07) is 28.9. The lowest BCUT2D eigenvalue weighted by Crippen LogP contribution is -2.16. The zero-order valence-electron chi connectivity index (χ0n) is 18.7. The number of aromatic hydroxyl groups is 1. The van der Waals surface area contributed by atoms with Crippen molar-refractivity contribution in [3.63, 3.8) is 0 Å². The summed E-state index contributed by atoms with van der Waals surface area (Å²) in [5, 5.41) is 10.2. The minimum absolute atomic E-state index is 0.103. The average molecular weight is 479 g/mol. The Kier molecular flexibility index (Phi) is 6.34. The predicted octanol–water partition coefficient (Wildman–Crippen LogP) is 6.92. The molecule has 4 aromatic carbocycles. The molecule has 1 N–H and O–H groups in total. The Balaban J connectivity index is 2.08. The smallest absolute Gasteiger partial charge is 0.307 e. The van der Waals surface area contributed by atoms with E-state index in [-0.39, 0.29) is 10.6 Å². The van der Waals surface area contributed by atoms with Crippen LogP contribution in [0.15, 0.2) is 117 Å². The van der Waals surface area contributed by atoms with Gasteiger partial charge in [0.15, 0.2) is 0 Å². The number of aryl methyl sites for hydroxylation is 3. The number of benzene rings is 4. The van der Waals surface area contributed by atoms with Gasteiger partial charge in [0.05, 0.1) is 4.90 Å². The van der Waals surface area contributed by atoms with Crippen molar-refractivity contribution in [1.82, 2.24) is 0 Å². The monoisotopic (exact) mass is 478 g/mol. The molecule has 0 saturated carbocycles. The van der Waals surface area contributed by atoms with E-state index in [9.17, 15) is 13.5 Å². The summed E-state index contributed by atoms with van der Waals surface area (Å²) in [5.41, 5.74) is 2.48. The van der Waals surface area contributed by atoms with Crippen LogP contribution < -0.4 is 0 Å². The van der Waals surface area contributed by atoms with E-state index in [1.165, 1.54) is 0 Å². The lowest BCUT2D eigenvalue weighted by atomic mass is 10.1. The van der Waals surface area contributed by atoms with Crippen LogP contribution in [0.5, 0.6) is 5.75 Å². The van der Waals surface area contributed by atoms with Crippen LogP contribution in [0.2, 0.25) is 0 Å². The Morgan fingerprint density at radius 2 is 1.09 bits per heavy atom. The molecule has 0 aliphatic carbocycles. The maximum absolute atomic E-state index is 13.7. The van der Waals surface area contributed by atoms with Crippen LogP contribution in [0.3, 0.4) is 0 Å². The third-order valence-electron chi connectivity index (χ3n) is 5.38. The number of hydrogen-bond acceptors (Lipinski definition) is 4. The van der Waals surface area contributed by atoms with E-state index in [1.807, 2.05) is 81.4 Å².